The van der Waals surface area contributed by atoms with Gasteiger partial charge in [0.2, 0.25) is 11.8 Å². The number of benzene rings is 2. The number of imidazole rings is 2. The number of likely N-dealkylation sites (tertiary alicyclic amines) is 2. The zero-order valence-corrected chi connectivity index (χ0v) is 32.4. The van der Waals surface area contributed by atoms with E-state index in [-0.39, 0.29) is 23.8 Å². The van der Waals surface area contributed by atoms with Gasteiger partial charge in [0.05, 0.1) is 49.1 Å². The maximum atomic E-state index is 15.7. The Morgan fingerprint density at radius 3 is 1.96 bits per heavy atom. The SMILES string of the molecule is COC(=O)N[C@H](C(=O)N1CCCC1c1ncc(-c2ccc(-c3ccc(-c4cnc(C5CCCN5C(=O)[C@H]([C@@H](C)OC)N(C)C(=O)O)[nH]4)c(F)c3)cc2)[nH]1)C(C)C. The lowest BCUT2D eigenvalue weighted by atomic mass is 10.0. The molecular weight excluding hydrogens is 723 g/mol. The Morgan fingerprint density at radius 1 is 0.857 bits per heavy atom. The number of nitrogens with zero attached hydrogens (tertiary/aromatic N) is 5. The fraction of sp³-hybridized carbons (Fsp3) is 0.450. The van der Waals surface area contributed by atoms with E-state index in [1.165, 1.54) is 27.3 Å². The van der Waals surface area contributed by atoms with Crippen molar-refractivity contribution in [1.82, 2.24) is 40.0 Å². The number of carbonyl (C=O) groups is 4. The average Bonchev–Trinajstić information content (AvgIpc) is 4.03. The zero-order valence-electron chi connectivity index (χ0n) is 32.4. The highest BCUT2D eigenvalue weighted by molar-refractivity contribution is 5.87. The summed E-state index contributed by atoms with van der Waals surface area (Å²) in [6, 6.07) is 10.2. The number of aromatic amines is 2. The molecule has 4 aromatic rings. The van der Waals surface area contributed by atoms with Crippen LogP contribution in [0.1, 0.15) is 70.2 Å². The summed E-state index contributed by atoms with van der Waals surface area (Å²) in [4.78, 5) is 70.9. The molecule has 2 aliphatic heterocycles. The summed E-state index contributed by atoms with van der Waals surface area (Å²) >= 11 is 0. The van der Waals surface area contributed by atoms with E-state index >= 15 is 4.39 Å². The molecule has 298 valence electrons. The number of halogens is 1. The molecule has 0 aliphatic carbocycles. The van der Waals surface area contributed by atoms with Crippen LogP contribution in [0.25, 0.3) is 33.6 Å². The normalized spacial score (nSPS) is 18.5. The number of nitrogens with one attached hydrogen (secondary N) is 3. The van der Waals surface area contributed by atoms with Gasteiger partial charge in [0.15, 0.2) is 0 Å². The average molecular weight is 773 g/mol. The van der Waals surface area contributed by atoms with Crippen molar-refractivity contribution in [3.05, 3.63) is 72.3 Å². The van der Waals surface area contributed by atoms with Crippen molar-refractivity contribution in [2.45, 2.75) is 76.7 Å². The third kappa shape index (κ3) is 8.10. The second-order valence-corrected chi connectivity index (χ2v) is 14.7. The van der Waals surface area contributed by atoms with Crippen LogP contribution < -0.4 is 5.32 Å². The highest BCUT2D eigenvalue weighted by Gasteiger charge is 2.41. The number of hydrogen-bond acceptors (Lipinski definition) is 8. The van der Waals surface area contributed by atoms with Gasteiger partial charge in [0.25, 0.3) is 0 Å². The van der Waals surface area contributed by atoms with Gasteiger partial charge < -0.3 is 39.7 Å². The van der Waals surface area contributed by atoms with E-state index in [2.05, 4.69) is 25.3 Å². The number of aromatic nitrogens is 4. The predicted octanol–water partition coefficient (Wildman–Crippen LogP) is 5.99. The summed E-state index contributed by atoms with van der Waals surface area (Å²) in [5.41, 5.74) is 3.91. The van der Waals surface area contributed by atoms with E-state index in [0.717, 1.165) is 34.6 Å². The maximum Gasteiger partial charge on any atom is 0.407 e. The van der Waals surface area contributed by atoms with Crippen LogP contribution in [-0.2, 0) is 19.1 Å². The number of carboxylic acid groups (broad SMARTS) is 1. The van der Waals surface area contributed by atoms with Crippen molar-refractivity contribution in [3.8, 4) is 33.6 Å². The van der Waals surface area contributed by atoms with Gasteiger partial charge in [0.1, 0.15) is 29.5 Å². The van der Waals surface area contributed by atoms with Crippen molar-refractivity contribution in [2.24, 2.45) is 5.92 Å². The van der Waals surface area contributed by atoms with Crippen molar-refractivity contribution in [2.75, 3.05) is 34.4 Å². The lowest BCUT2D eigenvalue weighted by Gasteiger charge is -2.34. The zero-order chi connectivity index (χ0) is 40.3. The Morgan fingerprint density at radius 2 is 1.41 bits per heavy atom. The smallest absolute Gasteiger partial charge is 0.407 e. The van der Waals surface area contributed by atoms with Crippen LogP contribution in [0.4, 0.5) is 14.0 Å². The molecule has 15 nitrogen and oxygen atoms in total. The van der Waals surface area contributed by atoms with Gasteiger partial charge in [0, 0.05) is 32.8 Å². The molecule has 4 heterocycles. The highest BCUT2D eigenvalue weighted by Crippen LogP contribution is 2.36. The molecule has 0 radical (unpaired) electrons. The van der Waals surface area contributed by atoms with Gasteiger partial charge in [-0.05, 0) is 67.3 Å². The number of likely N-dealkylation sites (N-methyl/N-ethyl adjacent to an activating group) is 1. The van der Waals surface area contributed by atoms with Crippen LogP contribution in [0.15, 0.2) is 54.9 Å². The fourth-order valence-corrected chi connectivity index (χ4v) is 7.66. The van der Waals surface area contributed by atoms with Crippen molar-refractivity contribution < 1.29 is 38.1 Å². The molecule has 2 aromatic carbocycles. The van der Waals surface area contributed by atoms with Gasteiger partial charge in [-0.2, -0.15) is 0 Å². The predicted molar refractivity (Wildman–Crippen MR) is 205 cm³/mol. The van der Waals surface area contributed by atoms with E-state index in [4.69, 9.17) is 9.47 Å². The number of hydrogen-bond donors (Lipinski definition) is 4. The summed E-state index contributed by atoms with van der Waals surface area (Å²) in [5, 5.41) is 12.3. The van der Waals surface area contributed by atoms with E-state index in [1.54, 1.807) is 35.2 Å². The largest absolute Gasteiger partial charge is 0.465 e. The summed E-state index contributed by atoms with van der Waals surface area (Å²) in [6.07, 6.45) is 3.59. The van der Waals surface area contributed by atoms with Crippen LogP contribution in [0.2, 0.25) is 0 Å². The van der Waals surface area contributed by atoms with Gasteiger partial charge in [-0.3, -0.25) is 14.5 Å². The maximum absolute atomic E-state index is 15.7. The molecule has 2 saturated heterocycles. The molecule has 4 N–H and O–H groups in total. The van der Waals surface area contributed by atoms with Crippen LogP contribution in [-0.4, -0.2) is 116 Å². The van der Waals surface area contributed by atoms with Crippen molar-refractivity contribution in [1.29, 1.82) is 0 Å². The van der Waals surface area contributed by atoms with Crippen LogP contribution >= 0.6 is 0 Å². The molecule has 5 atom stereocenters. The molecule has 16 heteroatoms. The van der Waals surface area contributed by atoms with Crippen LogP contribution in [0.3, 0.4) is 0 Å². The third-order valence-corrected chi connectivity index (χ3v) is 10.9. The Kier molecular flexibility index (Phi) is 12.1. The molecule has 6 rings (SSSR count). The minimum atomic E-state index is -1.24. The van der Waals surface area contributed by atoms with E-state index in [9.17, 15) is 24.3 Å². The molecule has 2 unspecified atom stereocenters. The number of H-pyrrole nitrogens is 2. The second kappa shape index (κ2) is 16.9. The van der Waals surface area contributed by atoms with Gasteiger partial charge in [-0.15, -0.1) is 0 Å². The fourth-order valence-electron chi connectivity index (χ4n) is 7.66. The van der Waals surface area contributed by atoms with Crippen LogP contribution in [0.5, 0.6) is 0 Å². The third-order valence-electron chi connectivity index (χ3n) is 10.9. The number of alkyl carbamates (subject to hydrolysis) is 1. The molecular formula is C40H49FN8O7. The first-order valence-corrected chi connectivity index (χ1v) is 18.8. The Labute approximate surface area is 324 Å². The van der Waals surface area contributed by atoms with Gasteiger partial charge >= 0.3 is 12.2 Å². The Hall–Kier alpha value is -5.77. The number of ether oxygens (including phenoxy) is 2. The highest BCUT2D eigenvalue weighted by atomic mass is 19.1. The number of carbonyl (C=O) groups excluding carboxylic acids is 3. The number of rotatable bonds is 12. The second-order valence-electron chi connectivity index (χ2n) is 14.7. The summed E-state index contributed by atoms with van der Waals surface area (Å²) in [7, 11) is 4.05. The molecule has 0 spiro atoms. The lowest BCUT2D eigenvalue weighted by molar-refractivity contribution is -0.141. The minimum Gasteiger partial charge on any atom is -0.465 e. The quantitative estimate of drug-likeness (QED) is 0.134. The van der Waals surface area contributed by atoms with E-state index in [0.29, 0.717) is 54.4 Å². The summed E-state index contributed by atoms with van der Waals surface area (Å²) in [6.45, 7) is 6.39. The molecule has 4 amide bonds. The first-order valence-electron chi connectivity index (χ1n) is 18.8. The molecule has 2 aliphatic rings. The molecule has 2 aromatic heterocycles. The first kappa shape index (κ1) is 39.9. The van der Waals surface area contributed by atoms with Gasteiger partial charge in [-0.1, -0.05) is 44.2 Å². The van der Waals surface area contributed by atoms with Crippen molar-refractivity contribution >= 4 is 24.0 Å². The topological polar surface area (TPSA) is 186 Å². The van der Waals surface area contributed by atoms with Gasteiger partial charge in [-0.25, -0.2) is 23.9 Å². The molecule has 0 saturated carbocycles. The number of methoxy groups -OCH3 is 2. The summed E-state index contributed by atoms with van der Waals surface area (Å²) in [5.74, 6) is 0.0208. The van der Waals surface area contributed by atoms with Crippen LogP contribution in [0, 0.1) is 11.7 Å². The molecule has 0 bridgehead atoms. The molecule has 56 heavy (non-hydrogen) atoms. The summed E-state index contributed by atoms with van der Waals surface area (Å²) < 4.78 is 25.8. The molecule has 2 fully saturated rings. The van der Waals surface area contributed by atoms with E-state index in [1.807, 2.05) is 44.2 Å². The Balaban J connectivity index is 1.14. The minimum absolute atomic E-state index is 0.135. The van der Waals surface area contributed by atoms with Crippen molar-refractivity contribution in [3.63, 3.8) is 0 Å². The first-order chi connectivity index (χ1) is 26.8. The lowest BCUT2D eigenvalue weighted by Crippen LogP contribution is -2.54. The van der Waals surface area contributed by atoms with E-state index < -0.39 is 42.2 Å². The Bertz CT molecular complexity index is 2050. The number of amides is 4. The standard InChI is InChI=1S/C40H49FN8O7/c1-22(2)33(46-39(52)56-6)37(50)48-17-7-9-31(48)35-42-20-29(44-35)25-13-11-24(12-14-25)26-15-16-27(28(41)19-26)30-21-43-36(45-30)32-10-8-18-49(32)38(51)34(23(3)55-5)47(4)40(53)54/h11-16,19-23,31-34H,7-10,17-18H2,1-6H3,(H,42,44)(H,43,45)(H,46,52)(H,53,54)/t23-,31?,32?,33+,34+/m1/s1. The monoisotopic (exact) mass is 772 g/mol.